The number of carbonyl (C=O) groups excluding carboxylic acids is 2. The minimum Gasteiger partial charge on any atom is -0.349 e. The van der Waals surface area contributed by atoms with Gasteiger partial charge in [0.25, 0.3) is 0 Å². The van der Waals surface area contributed by atoms with Gasteiger partial charge in [-0.15, -0.1) is 12.4 Å². The van der Waals surface area contributed by atoms with E-state index in [0.717, 1.165) is 11.3 Å². The second-order valence-corrected chi connectivity index (χ2v) is 6.51. The Morgan fingerprint density at radius 2 is 2.09 bits per heavy atom. The Bertz CT molecular complexity index is 591. The molecule has 1 heterocycles. The molecule has 0 aromatic heterocycles. The summed E-state index contributed by atoms with van der Waals surface area (Å²) in [6.07, 6.45) is 0.652. The molecule has 2 rings (SSSR count). The third kappa shape index (κ3) is 4.59. The first kappa shape index (κ1) is 19.7. The highest BCUT2D eigenvalue weighted by Gasteiger charge is 2.34. The third-order valence-electron chi connectivity index (χ3n) is 3.84. The van der Waals surface area contributed by atoms with Crippen molar-refractivity contribution in [3.8, 4) is 0 Å². The van der Waals surface area contributed by atoms with Crippen LogP contribution in [0.3, 0.4) is 0 Å². The fourth-order valence-electron chi connectivity index (χ4n) is 2.70. The van der Waals surface area contributed by atoms with Crippen LogP contribution in [0.5, 0.6) is 0 Å². The van der Waals surface area contributed by atoms with Crippen molar-refractivity contribution in [3.05, 3.63) is 28.8 Å². The van der Waals surface area contributed by atoms with Crippen LogP contribution in [0, 0.1) is 0 Å². The molecule has 2 N–H and O–H groups in total. The molecule has 128 valence electrons. The van der Waals surface area contributed by atoms with Gasteiger partial charge < -0.3 is 15.5 Å². The lowest BCUT2D eigenvalue weighted by Gasteiger charge is -2.19. The third-order valence-corrected chi connectivity index (χ3v) is 4.08. The number of rotatable bonds is 4. The van der Waals surface area contributed by atoms with Crippen molar-refractivity contribution < 1.29 is 9.59 Å². The van der Waals surface area contributed by atoms with Crippen LogP contribution in [0.25, 0.3) is 0 Å². The van der Waals surface area contributed by atoms with Crippen LogP contribution in [-0.2, 0) is 9.59 Å². The van der Waals surface area contributed by atoms with E-state index in [-0.39, 0.29) is 42.6 Å². The maximum atomic E-state index is 12.4. The summed E-state index contributed by atoms with van der Waals surface area (Å²) in [5.74, 6) is -0.00331. The summed E-state index contributed by atoms with van der Waals surface area (Å²) in [5, 5.41) is 0.613. The van der Waals surface area contributed by atoms with Gasteiger partial charge in [-0.05, 0) is 30.7 Å². The largest absolute Gasteiger partial charge is 0.349 e. The van der Waals surface area contributed by atoms with E-state index in [4.69, 9.17) is 17.3 Å². The van der Waals surface area contributed by atoms with Crippen LogP contribution in [0.15, 0.2) is 18.2 Å². The van der Waals surface area contributed by atoms with Gasteiger partial charge in [0.15, 0.2) is 0 Å². The van der Waals surface area contributed by atoms with Gasteiger partial charge in [-0.1, -0.05) is 11.6 Å². The molecule has 2 atom stereocenters. The zero-order chi connectivity index (χ0) is 16.4. The number of amides is 2. The number of nitrogens with two attached hydrogens (primary N) is 1. The molecule has 1 aromatic rings. The smallest absolute Gasteiger partial charge is 0.228 e. The SMILES string of the molecule is CC(N)CC(=O)N1CC(CC(=O)N(C)C)c2cc(Cl)ccc21.Cl. The molecule has 2 unspecified atom stereocenters. The average molecular weight is 360 g/mol. The van der Waals surface area contributed by atoms with E-state index in [9.17, 15) is 9.59 Å². The van der Waals surface area contributed by atoms with E-state index in [1.165, 1.54) is 0 Å². The molecule has 0 saturated heterocycles. The maximum Gasteiger partial charge on any atom is 0.228 e. The number of halogens is 2. The average Bonchev–Trinajstić information content (AvgIpc) is 2.76. The molecular formula is C16H23Cl2N3O2. The Hall–Kier alpha value is -1.30. The highest BCUT2D eigenvalue weighted by atomic mass is 35.5. The lowest BCUT2D eigenvalue weighted by atomic mass is 9.97. The van der Waals surface area contributed by atoms with Gasteiger partial charge in [0.05, 0.1) is 0 Å². The molecule has 2 amide bonds. The van der Waals surface area contributed by atoms with Crippen LogP contribution < -0.4 is 10.6 Å². The molecule has 5 nitrogen and oxygen atoms in total. The van der Waals surface area contributed by atoms with Gasteiger partial charge in [-0.25, -0.2) is 0 Å². The van der Waals surface area contributed by atoms with Crippen molar-refractivity contribution in [2.24, 2.45) is 5.73 Å². The molecule has 1 aliphatic rings. The summed E-state index contributed by atoms with van der Waals surface area (Å²) >= 11 is 6.08. The standard InChI is InChI=1S/C16H22ClN3O2.ClH/c1-10(18)6-16(22)20-9-11(7-15(21)19(2)3)13-8-12(17)4-5-14(13)20;/h4-5,8,10-11H,6-7,9,18H2,1-3H3;1H. The molecule has 0 bridgehead atoms. The molecule has 0 fully saturated rings. The summed E-state index contributed by atoms with van der Waals surface area (Å²) < 4.78 is 0. The van der Waals surface area contributed by atoms with Gasteiger partial charge in [0.1, 0.15) is 0 Å². The van der Waals surface area contributed by atoms with Crippen LogP contribution in [0.1, 0.15) is 31.2 Å². The van der Waals surface area contributed by atoms with Crippen molar-refractivity contribution in [3.63, 3.8) is 0 Å². The molecule has 1 aliphatic heterocycles. The molecule has 1 aromatic carbocycles. The van der Waals surface area contributed by atoms with E-state index in [2.05, 4.69) is 0 Å². The minimum absolute atomic E-state index is 0. The monoisotopic (exact) mass is 359 g/mol. The first-order chi connectivity index (χ1) is 10.3. The van der Waals surface area contributed by atoms with E-state index in [0.29, 0.717) is 18.0 Å². The zero-order valence-corrected chi connectivity index (χ0v) is 15.2. The number of hydrogen-bond acceptors (Lipinski definition) is 3. The topological polar surface area (TPSA) is 66.6 Å². The summed E-state index contributed by atoms with van der Waals surface area (Å²) in [4.78, 5) is 27.7. The molecule has 0 radical (unpaired) electrons. The van der Waals surface area contributed by atoms with Crippen LogP contribution >= 0.6 is 24.0 Å². The highest BCUT2D eigenvalue weighted by Crippen LogP contribution is 2.40. The Labute approximate surface area is 148 Å². The summed E-state index contributed by atoms with van der Waals surface area (Å²) in [6, 6.07) is 5.27. The normalized spacial score (nSPS) is 17.3. The molecule has 0 spiro atoms. The molecule has 0 aliphatic carbocycles. The van der Waals surface area contributed by atoms with Crippen molar-refractivity contribution in [1.29, 1.82) is 0 Å². The number of carbonyl (C=O) groups is 2. The van der Waals surface area contributed by atoms with E-state index >= 15 is 0 Å². The number of fused-ring (bicyclic) bond motifs is 1. The predicted molar refractivity (Wildman–Crippen MR) is 95.4 cm³/mol. The van der Waals surface area contributed by atoms with E-state index in [1.807, 2.05) is 19.1 Å². The van der Waals surface area contributed by atoms with Gasteiger partial charge in [-0.2, -0.15) is 0 Å². The van der Waals surface area contributed by atoms with Gasteiger partial charge in [0, 0.05) is 56.2 Å². The van der Waals surface area contributed by atoms with Crippen molar-refractivity contribution in [1.82, 2.24) is 4.90 Å². The van der Waals surface area contributed by atoms with Gasteiger partial charge in [-0.3, -0.25) is 9.59 Å². The molecule has 0 saturated carbocycles. The van der Waals surface area contributed by atoms with Crippen molar-refractivity contribution >= 4 is 41.5 Å². The summed E-state index contributed by atoms with van der Waals surface area (Å²) in [7, 11) is 3.46. The first-order valence-corrected chi connectivity index (χ1v) is 7.73. The first-order valence-electron chi connectivity index (χ1n) is 7.35. The van der Waals surface area contributed by atoms with Gasteiger partial charge >= 0.3 is 0 Å². The van der Waals surface area contributed by atoms with Crippen molar-refractivity contribution in [2.75, 3.05) is 25.5 Å². The Kier molecular flexibility index (Phi) is 6.86. The maximum absolute atomic E-state index is 12.4. The quantitative estimate of drug-likeness (QED) is 0.897. The summed E-state index contributed by atoms with van der Waals surface area (Å²) in [5.41, 5.74) is 7.53. The molecule has 7 heteroatoms. The highest BCUT2D eigenvalue weighted by molar-refractivity contribution is 6.30. The van der Waals surface area contributed by atoms with Gasteiger partial charge in [0.2, 0.25) is 11.8 Å². The Morgan fingerprint density at radius 1 is 1.43 bits per heavy atom. The van der Waals surface area contributed by atoms with E-state index in [1.54, 1.807) is 30.0 Å². The second-order valence-electron chi connectivity index (χ2n) is 6.08. The number of anilines is 1. The van der Waals surface area contributed by atoms with Crippen LogP contribution in [-0.4, -0.2) is 43.4 Å². The number of nitrogens with zero attached hydrogens (tertiary/aromatic N) is 2. The fourth-order valence-corrected chi connectivity index (χ4v) is 2.89. The summed E-state index contributed by atoms with van der Waals surface area (Å²) in [6.45, 7) is 2.31. The van der Waals surface area contributed by atoms with Crippen LogP contribution in [0.2, 0.25) is 5.02 Å². The Morgan fingerprint density at radius 3 is 2.65 bits per heavy atom. The molecule has 23 heavy (non-hydrogen) atoms. The zero-order valence-electron chi connectivity index (χ0n) is 13.6. The minimum atomic E-state index is -0.189. The predicted octanol–water partition coefficient (Wildman–Crippen LogP) is 2.41. The lowest BCUT2D eigenvalue weighted by molar-refractivity contribution is -0.129. The van der Waals surface area contributed by atoms with Crippen LogP contribution in [0.4, 0.5) is 5.69 Å². The lowest BCUT2D eigenvalue weighted by Crippen LogP contribution is -2.34. The fraction of sp³-hybridized carbons (Fsp3) is 0.500. The Balaban J connectivity index is 0.00000264. The van der Waals surface area contributed by atoms with Crippen molar-refractivity contribution in [2.45, 2.75) is 31.7 Å². The second kappa shape index (κ2) is 7.99. The van der Waals surface area contributed by atoms with E-state index < -0.39 is 0 Å². The molecular weight excluding hydrogens is 337 g/mol. The number of hydrogen-bond donors (Lipinski definition) is 1. The number of benzene rings is 1.